The first-order valence-corrected chi connectivity index (χ1v) is 14.5. The van der Waals surface area contributed by atoms with Crippen LogP contribution in [0, 0.1) is 0 Å². The van der Waals surface area contributed by atoms with E-state index in [0.29, 0.717) is 0 Å². The molecule has 174 valence electrons. The number of aliphatic carboxylic acids is 1. The molecule has 0 amide bonds. The van der Waals surface area contributed by atoms with Gasteiger partial charge in [-0.1, -0.05) is 65.5 Å². The number of carboxylic acid groups (broad SMARTS) is 1. The minimum Gasteiger partial charge on any atom is -0.548 e. The molecule has 0 saturated heterocycles. The Hall–Kier alpha value is -1.12. The molecule has 0 aliphatic heterocycles. The minimum absolute atomic E-state index is 0.144. The van der Waals surface area contributed by atoms with E-state index in [2.05, 4.69) is 27.7 Å². The number of unbranched alkanes of at least 4 members (excludes halogenated alkanes) is 4. The highest BCUT2D eigenvalue weighted by molar-refractivity contribution is 7.75. The van der Waals surface area contributed by atoms with E-state index < -0.39 is 19.3 Å². The van der Waals surface area contributed by atoms with Crippen molar-refractivity contribution in [3.05, 3.63) is 29.8 Å². The second kappa shape index (κ2) is 17.5. The molecule has 4 nitrogen and oxygen atoms in total. The predicted molar refractivity (Wildman–Crippen MR) is 131 cm³/mol. The number of benzene rings is 1. The lowest BCUT2D eigenvalue weighted by atomic mass is 10.1. The van der Waals surface area contributed by atoms with Gasteiger partial charge in [-0.25, -0.2) is 0 Å². The van der Waals surface area contributed by atoms with Crippen molar-refractivity contribution >= 4 is 13.2 Å². The molecule has 0 radical (unpaired) electrons. The molecule has 1 aromatic rings. The van der Waals surface area contributed by atoms with Gasteiger partial charge in [0.25, 0.3) is 0 Å². The Morgan fingerprint density at radius 3 is 1.53 bits per heavy atom. The summed E-state index contributed by atoms with van der Waals surface area (Å²) >= 11 is 0. The van der Waals surface area contributed by atoms with Gasteiger partial charge < -0.3 is 20.7 Å². The van der Waals surface area contributed by atoms with E-state index in [1.807, 2.05) is 0 Å². The molecule has 0 unspecified atom stereocenters. The Morgan fingerprint density at radius 2 is 1.23 bits per heavy atom. The molecule has 30 heavy (non-hydrogen) atoms. The van der Waals surface area contributed by atoms with Crippen molar-refractivity contribution in [2.24, 2.45) is 5.73 Å². The molecule has 0 spiro atoms. The summed E-state index contributed by atoms with van der Waals surface area (Å²) < 4.78 is 0. The van der Waals surface area contributed by atoms with Crippen molar-refractivity contribution in [2.75, 3.05) is 24.6 Å². The molecule has 3 N–H and O–H groups in total. The van der Waals surface area contributed by atoms with Gasteiger partial charge in [0.2, 0.25) is 0 Å². The molecule has 1 aromatic carbocycles. The van der Waals surface area contributed by atoms with Crippen molar-refractivity contribution in [3.63, 3.8) is 0 Å². The van der Waals surface area contributed by atoms with E-state index >= 15 is 0 Å². The third-order valence-corrected chi connectivity index (χ3v) is 10.7. The highest BCUT2D eigenvalue weighted by Crippen LogP contribution is 2.61. The van der Waals surface area contributed by atoms with Crippen molar-refractivity contribution in [1.82, 2.24) is 0 Å². The quantitative estimate of drug-likeness (QED) is 0.367. The summed E-state index contributed by atoms with van der Waals surface area (Å²) in [6.45, 7) is 9.42. The van der Waals surface area contributed by atoms with Crippen LogP contribution in [0.4, 0.5) is 0 Å². The Bertz CT molecular complexity index is 510. The number of carboxylic acids is 1. The molecule has 0 heterocycles. The lowest BCUT2D eigenvalue weighted by Crippen LogP contribution is -2.43. The lowest BCUT2D eigenvalue weighted by molar-refractivity contribution is -0.307. The molecule has 0 aromatic heterocycles. The summed E-state index contributed by atoms with van der Waals surface area (Å²) in [5, 5.41) is 19.2. The Morgan fingerprint density at radius 1 is 0.867 bits per heavy atom. The average Bonchev–Trinajstić information content (AvgIpc) is 2.74. The first-order chi connectivity index (χ1) is 14.3. The highest BCUT2D eigenvalue weighted by Gasteiger charge is 2.34. The normalized spacial score (nSPS) is 12.2. The zero-order valence-corrected chi connectivity index (χ0v) is 20.8. The van der Waals surface area contributed by atoms with Crippen LogP contribution in [-0.2, 0) is 11.2 Å². The summed E-state index contributed by atoms with van der Waals surface area (Å²) in [5.41, 5.74) is 6.02. The fourth-order valence-electron chi connectivity index (χ4n) is 3.61. The summed E-state index contributed by atoms with van der Waals surface area (Å²) in [5.74, 6) is -1.13. The standard InChI is InChI=1S/C16H36P.C9H11NO3/c1-5-9-13-17(14-10-6-2,15-11-7-3)16-12-8-4;10-8(9(12)13)5-6-1-3-7(11)4-2-6/h5-16H2,1-4H3;1-4,8,11H,5,10H2,(H,12,13)/q+1;/p-1/t;8-/m.0/s1. The third kappa shape index (κ3) is 13.2. The molecular formula is C25H46NO3P. The van der Waals surface area contributed by atoms with Gasteiger partial charge in [-0.05, 0) is 49.8 Å². The van der Waals surface area contributed by atoms with E-state index in [1.54, 1.807) is 36.8 Å². The van der Waals surface area contributed by atoms with Crippen LogP contribution >= 0.6 is 7.26 Å². The number of hydrogen-bond donors (Lipinski definition) is 2. The maximum atomic E-state index is 10.3. The average molecular weight is 440 g/mol. The van der Waals surface area contributed by atoms with Crippen molar-refractivity contribution in [2.45, 2.75) is 91.5 Å². The van der Waals surface area contributed by atoms with E-state index in [-0.39, 0.29) is 12.2 Å². The van der Waals surface area contributed by atoms with Gasteiger partial charge in [0.05, 0.1) is 30.6 Å². The van der Waals surface area contributed by atoms with Crippen molar-refractivity contribution in [1.29, 1.82) is 0 Å². The fraction of sp³-hybridized carbons (Fsp3) is 0.720. The molecule has 1 rings (SSSR count). The molecule has 0 bridgehead atoms. The molecule has 0 aliphatic carbocycles. The van der Waals surface area contributed by atoms with Gasteiger partial charge >= 0.3 is 0 Å². The predicted octanol–water partition coefficient (Wildman–Crippen LogP) is 5.22. The summed E-state index contributed by atoms with van der Waals surface area (Å²) in [7, 11) is -0.562. The van der Waals surface area contributed by atoms with Gasteiger partial charge in [0, 0.05) is 13.3 Å². The van der Waals surface area contributed by atoms with Crippen LogP contribution in [0.1, 0.15) is 84.6 Å². The molecule has 5 heteroatoms. The van der Waals surface area contributed by atoms with Crippen LogP contribution < -0.4 is 10.8 Å². The topological polar surface area (TPSA) is 86.4 Å². The fourth-order valence-corrected chi connectivity index (χ4v) is 8.90. The van der Waals surface area contributed by atoms with E-state index in [4.69, 9.17) is 10.8 Å². The number of phenolic OH excluding ortho intramolecular Hbond substituents is 1. The zero-order chi connectivity index (χ0) is 22.8. The van der Waals surface area contributed by atoms with Crippen LogP contribution in [-0.4, -0.2) is 41.8 Å². The van der Waals surface area contributed by atoms with Gasteiger partial charge in [0.15, 0.2) is 0 Å². The molecule has 1 atom stereocenters. The minimum atomic E-state index is -1.27. The largest absolute Gasteiger partial charge is 0.548 e. The third-order valence-electron chi connectivity index (χ3n) is 5.64. The second-order valence-electron chi connectivity index (χ2n) is 8.45. The van der Waals surface area contributed by atoms with Gasteiger partial charge in [-0.15, -0.1) is 0 Å². The summed E-state index contributed by atoms with van der Waals surface area (Å²) in [6, 6.07) is 5.22. The van der Waals surface area contributed by atoms with E-state index in [0.717, 1.165) is 5.56 Å². The molecular weight excluding hydrogens is 393 g/mol. The Kier molecular flexibility index (Phi) is 16.9. The second-order valence-corrected chi connectivity index (χ2v) is 12.9. The number of nitrogens with two attached hydrogens (primary N) is 1. The maximum absolute atomic E-state index is 10.3. The summed E-state index contributed by atoms with van der Waals surface area (Å²) in [6.07, 6.45) is 18.2. The van der Waals surface area contributed by atoms with Crippen LogP contribution in [0.2, 0.25) is 0 Å². The van der Waals surface area contributed by atoms with E-state index in [9.17, 15) is 9.90 Å². The van der Waals surface area contributed by atoms with Crippen LogP contribution in [0.25, 0.3) is 0 Å². The first-order valence-electron chi connectivity index (χ1n) is 11.9. The number of phenols is 1. The Balaban J connectivity index is 0.000000579. The van der Waals surface area contributed by atoms with Gasteiger partial charge in [0.1, 0.15) is 5.75 Å². The van der Waals surface area contributed by atoms with Crippen LogP contribution in [0.3, 0.4) is 0 Å². The van der Waals surface area contributed by atoms with Crippen LogP contribution in [0.5, 0.6) is 5.75 Å². The van der Waals surface area contributed by atoms with Crippen LogP contribution in [0.15, 0.2) is 24.3 Å². The number of carbonyl (C=O) groups excluding carboxylic acids is 1. The monoisotopic (exact) mass is 439 g/mol. The van der Waals surface area contributed by atoms with Crippen molar-refractivity contribution in [3.8, 4) is 5.75 Å². The molecule has 0 aliphatic rings. The molecule has 0 saturated carbocycles. The smallest absolute Gasteiger partial charge is 0.115 e. The summed E-state index contributed by atoms with van der Waals surface area (Å²) in [4.78, 5) is 10.3. The van der Waals surface area contributed by atoms with Gasteiger partial charge in [-0.2, -0.15) is 0 Å². The number of hydrogen-bond acceptors (Lipinski definition) is 4. The maximum Gasteiger partial charge on any atom is 0.115 e. The number of rotatable bonds is 15. The van der Waals surface area contributed by atoms with Gasteiger partial charge in [-0.3, -0.25) is 0 Å². The first kappa shape index (κ1) is 28.9. The zero-order valence-electron chi connectivity index (χ0n) is 19.9. The highest BCUT2D eigenvalue weighted by atomic mass is 31.2. The molecule has 0 fully saturated rings. The number of aromatic hydroxyl groups is 1. The van der Waals surface area contributed by atoms with E-state index in [1.165, 1.54) is 63.5 Å². The number of carbonyl (C=O) groups is 1. The Labute approximate surface area is 186 Å². The van der Waals surface area contributed by atoms with Crippen molar-refractivity contribution < 1.29 is 15.0 Å². The SMILES string of the molecule is CCCC[P+](CCCC)(CCCC)CCCC.N[C@@H](Cc1ccc(O)cc1)C(=O)[O-]. The lowest BCUT2D eigenvalue weighted by Gasteiger charge is -2.28.